The van der Waals surface area contributed by atoms with E-state index in [1.807, 2.05) is 0 Å². The third-order valence-electron chi connectivity index (χ3n) is 2.94. The van der Waals surface area contributed by atoms with Gasteiger partial charge in [0, 0.05) is 23.6 Å². The van der Waals surface area contributed by atoms with Crippen LogP contribution in [-0.2, 0) is 4.74 Å². The van der Waals surface area contributed by atoms with Crippen LogP contribution in [0, 0.1) is 0 Å². The van der Waals surface area contributed by atoms with E-state index in [0.29, 0.717) is 37.4 Å². The summed E-state index contributed by atoms with van der Waals surface area (Å²) in [6.07, 6.45) is 0.0929. The molecule has 2 amide bonds. The van der Waals surface area contributed by atoms with Gasteiger partial charge in [-0.25, -0.2) is 4.79 Å². The Morgan fingerprint density at radius 1 is 1.15 bits per heavy atom. The predicted octanol–water partition coefficient (Wildman–Crippen LogP) is 3.02. The van der Waals surface area contributed by atoms with Crippen molar-refractivity contribution in [3.63, 3.8) is 0 Å². The van der Waals surface area contributed by atoms with Crippen LogP contribution in [0.3, 0.4) is 0 Å². The lowest BCUT2D eigenvalue weighted by molar-refractivity contribution is 0.0520. The van der Waals surface area contributed by atoms with Gasteiger partial charge in [0.1, 0.15) is 18.0 Å². The van der Waals surface area contributed by atoms with E-state index in [-0.39, 0.29) is 12.5 Å². The molecule has 0 fully saturated rings. The summed E-state index contributed by atoms with van der Waals surface area (Å²) in [5.74, 6) is 0.389. The lowest BCUT2D eigenvalue weighted by atomic mass is 10.2. The van der Waals surface area contributed by atoms with Crippen molar-refractivity contribution in [2.45, 2.75) is 32.8 Å². The van der Waals surface area contributed by atoms with Gasteiger partial charge in [0.25, 0.3) is 5.91 Å². The quantitative estimate of drug-likeness (QED) is 0.303. The van der Waals surface area contributed by atoms with Crippen LogP contribution in [0.5, 0.6) is 5.75 Å². The third-order valence-corrected chi connectivity index (χ3v) is 2.94. The minimum absolute atomic E-state index is 0.205. The van der Waals surface area contributed by atoms with Gasteiger partial charge < -0.3 is 20.1 Å². The van der Waals surface area contributed by atoms with E-state index < -0.39 is 11.7 Å². The fourth-order valence-corrected chi connectivity index (χ4v) is 1.84. The minimum Gasteiger partial charge on any atom is -0.492 e. The Hall–Kier alpha value is -2.93. The number of azide groups is 1. The summed E-state index contributed by atoms with van der Waals surface area (Å²) in [7, 11) is 0. The van der Waals surface area contributed by atoms with E-state index in [9.17, 15) is 9.59 Å². The van der Waals surface area contributed by atoms with Crippen LogP contribution < -0.4 is 15.4 Å². The molecular weight excluding hydrogens is 338 g/mol. The van der Waals surface area contributed by atoms with E-state index in [0.717, 1.165) is 0 Å². The number of amides is 2. The molecule has 0 unspecified atom stereocenters. The minimum atomic E-state index is -0.537. The number of nitrogens with zero attached hydrogens (tertiary/aromatic N) is 3. The highest BCUT2D eigenvalue weighted by Crippen LogP contribution is 2.12. The lowest BCUT2D eigenvalue weighted by Crippen LogP contribution is -2.34. The zero-order chi connectivity index (χ0) is 19.4. The molecule has 142 valence electrons. The van der Waals surface area contributed by atoms with E-state index in [1.165, 1.54) is 0 Å². The molecular formula is C17H25N5O4. The molecule has 0 aliphatic heterocycles. The van der Waals surface area contributed by atoms with Crippen LogP contribution in [0.4, 0.5) is 4.79 Å². The van der Waals surface area contributed by atoms with Crippen LogP contribution in [0.15, 0.2) is 29.4 Å². The predicted molar refractivity (Wildman–Crippen MR) is 97.1 cm³/mol. The molecule has 0 aliphatic carbocycles. The van der Waals surface area contributed by atoms with E-state index in [1.54, 1.807) is 45.0 Å². The van der Waals surface area contributed by atoms with Crippen molar-refractivity contribution >= 4 is 12.0 Å². The molecule has 1 aromatic carbocycles. The summed E-state index contributed by atoms with van der Waals surface area (Å²) in [4.78, 5) is 26.0. The first-order chi connectivity index (χ1) is 12.3. The number of benzene rings is 1. The zero-order valence-corrected chi connectivity index (χ0v) is 15.3. The number of rotatable bonds is 9. The number of alkyl carbamates (subject to hydrolysis) is 1. The standard InChI is InChI=1S/C17H25N5O4/c1-17(2,3)26-16(24)20-11-12-25-14-7-5-13(6-8-14)15(23)19-9-4-10-21-22-18/h5-8H,4,9-12H2,1-3H3,(H,19,23)(H,20,24). The van der Waals surface area contributed by atoms with Crippen LogP contribution in [0.1, 0.15) is 37.6 Å². The van der Waals surface area contributed by atoms with Gasteiger partial charge in [-0.1, -0.05) is 5.11 Å². The molecule has 0 atom stereocenters. The molecule has 9 nitrogen and oxygen atoms in total. The second kappa shape index (κ2) is 10.8. The summed E-state index contributed by atoms with van der Waals surface area (Å²) < 4.78 is 10.6. The van der Waals surface area contributed by atoms with Gasteiger partial charge in [0.15, 0.2) is 0 Å². The number of carbonyl (C=O) groups excluding carboxylic acids is 2. The van der Waals surface area contributed by atoms with Gasteiger partial charge >= 0.3 is 6.09 Å². The molecule has 9 heteroatoms. The number of ether oxygens (including phenoxy) is 2. The average molecular weight is 363 g/mol. The fraction of sp³-hybridized carbons (Fsp3) is 0.529. The second-order valence-electron chi connectivity index (χ2n) is 6.37. The van der Waals surface area contributed by atoms with E-state index in [2.05, 4.69) is 20.7 Å². The Morgan fingerprint density at radius 3 is 2.46 bits per heavy atom. The highest BCUT2D eigenvalue weighted by molar-refractivity contribution is 5.94. The van der Waals surface area contributed by atoms with Gasteiger partial charge in [-0.15, -0.1) is 0 Å². The summed E-state index contributed by atoms with van der Waals surface area (Å²) in [6.45, 7) is 6.75. The van der Waals surface area contributed by atoms with Crippen molar-refractivity contribution in [2.75, 3.05) is 26.2 Å². The van der Waals surface area contributed by atoms with Gasteiger partial charge in [-0.05, 0) is 57.0 Å². The molecule has 1 aromatic rings. The molecule has 1 rings (SSSR count). The first kappa shape index (κ1) is 21.1. The molecule has 0 aliphatic rings. The van der Waals surface area contributed by atoms with Crippen molar-refractivity contribution in [3.05, 3.63) is 40.3 Å². The van der Waals surface area contributed by atoms with E-state index >= 15 is 0 Å². The first-order valence-corrected chi connectivity index (χ1v) is 8.30. The van der Waals surface area contributed by atoms with Crippen LogP contribution >= 0.6 is 0 Å². The molecule has 2 N–H and O–H groups in total. The fourth-order valence-electron chi connectivity index (χ4n) is 1.84. The molecule has 0 heterocycles. The van der Waals surface area contributed by atoms with Crippen LogP contribution in [0.2, 0.25) is 0 Å². The van der Waals surface area contributed by atoms with Gasteiger partial charge in [0.05, 0.1) is 6.54 Å². The van der Waals surface area contributed by atoms with Crippen LogP contribution in [0.25, 0.3) is 10.4 Å². The van der Waals surface area contributed by atoms with Crippen molar-refractivity contribution in [3.8, 4) is 5.75 Å². The highest BCUT2D eigenvalue weighted by Gasteiger charge is 2.15. The SMILES string of the molecule is CC(C)(C)OC(=O)NCCOc1ccc(C(=O)NCCCN=[N+]=[N-])cc1. The van der Waals surface area contributed by atoms with Gasteiger partial charge in [-0.3, -0.25) is 4.79 Å². The largest absolute Gasteiger partial charge is 0.492 e. The maximum Gasteiger partial charge on any atom is 0.407 e. The Kier molecular flexibility index (Phi) is 8.80. The molecule has 0 bridgehead atoms. The smallest absolute Gasteiger partial charge is 0.407 e. The number of nitrogens with one attached hydrogen (secondary N) is 2. The molecule has 26 heavy (non-hydrogen) atoms. The summed E-state index contributed by atoms with van der Waals surface area (Å²) >= 11 is 0. The molecule has 0 radical (unpaired) electrons. The topological polar surface area (TPSA) is 125 Å². The molecule has 0 saturated heterocycles. The van der Waals surface area contributed by atoms with Crippen molar-refractivity contribution < 1.29 is 19.1 Å². The maximum atomic E-state index is 11.9. The average Bonchev–Trinajstić information content (AvgIpc) is 2.57. The molecule has 0 spiro atoms. The highest BCUT2D eigenvalue weighted by atomic mass is 16.6. The van der Waals surface area contributed by atoms with Crippen molar-refractivity contribution in [2.24, 2.45) is 5.11 Å². The van der Waals surface area contributed by atoms with Crippen LogP contribution in [-0.4, -0.2) is 43.8 Å². The first-order valence-electron chi connectivity index (χ1n) is 8.30. The Bertz CT molecular complexity index is 634. The second-order valence-corrected chi connectivity index (χ2v) is 6.37. The summed E-state index contributed by atoms with van der Waals surface area (Å²) in [5.41, 5.74) is 8.13. The zero-order valence-electron chi connectivity index (χ0n) is 15.3. The Labute approximate surface area is 152 Å². The van der Waals surface area contributed by atoms with Gasteiger partial charge in [0.2, 0.25) is 0 Å². The normalized spacial score (nSPS) is 10.4. The third kappa shape index (κ3) is 9.39. The van der Waals surface area contributed by atoms with Crippen molar-refractivity contribution in [1.29, 1.82) is 0 Å². The number of carbonyl (C=O) groups is 2. The summed E-state index contributed by atoms with van der Waals surface area (Å²) in [5, 5.41) is 8.73. The lowest BCUT2D eigenvalue weighted by Gasteiger charge is -2.19. The van der Waals surface area contributed by atoms with Crippen molar-refractivity contribution in [1.82, 2.24) is 10.6 Å². The molecule has 0 saturated carbocycles. The summed E-state index contributed by atoms with van der Waals surface area (Å²) in [6, 6.07) is 6.67. The monoisotopic (exact) mass is 363 g/mol. The Morgan fingerprint density at radius 2 is 1.85 bits per heavy atom. The maximum absolute atomic E-state index is 11.9. The van der Waals surface area contributed by atoms with E-state index in [4.69, 9.17) is 15.0 Å². The number of hydrogen-bond donors (Lipinski definition) is 2. The Balaban J connectivity index is 2.28. The molecule has 0 aromatic heterocycles. The van der Waals surface area contributed by atoms with Gasteiger partial charge in [-0.2, -0.15) is 0 Å². The number of hydrogen-bond acceptors (Lipinski definition) is 5.